The molecule has 5 heteroatoms. The van der Waals surface area contributed by atoms with Gasteiger partial charge in [0.15, 0.2) is 0 Å². The van der Waals surface area contributed by atoms with Gasteiger partial charge in [0.2, 0.25) is 5.91 Å². The second-order valence-electron chi connectivity index (χ2n) is 4.28. The zero-order valence-corrected chi connectivity index (χ0v) is 12.4. The van der Waals surface area contributed by atoms with Crippen molar-refractivity contribution in [2.75, 3.05) is 26.8 Å². The van der Waals surface area contributed by atoms with Gasteiger partial charge in [-0.3, -0.25) is 4.79 Å². The van der Waals surface area contributed by atoms with Crippen LogP contribution in [0.3, 0.4) is 0 Å². The van der Waals surface area contributed by atoms with E-state index in [9.17, 15) is 4.79 Å². The Balaban J connectivity index is 2.61. The van der Waals surface area contributed by atoms with E-state index in [-0.39, 0.29) is 5.91 Å². The first-order valence-corrected chi connectivity index (χ1v) is 6.83. The van der Waals surface area contributed by atoms with E-state index >= 15 is 0 Å². The molecule has 0 unspecified atom stereocenters. The maximum atomic E-state index is 12.1. The van der Waals surface area contributed by atoms with Crippen molar-refractivity contribution in [2.45, 2.75) is 6.42 Å². The highest BCUT2D eigenvalue weighted by atomic mass is 32.1. The molecule has 0 aliphatic carbocycles. The molecule has 0 radical (unpaired) electrons. The van der Waals surface area contributed by atoms with Crippen molar-refractivity contribution < 1.29 is 9.53 Å². The van der Waals surface area contributed by atoms with Crippen molar-refractivity contribution in [3.63, 3.8) is 0 Å². The fraction of sp³-hybridized carbons (Fsp3) is 0.333. The lowest BCUT2D eigenvalue weighted by Crippen LogP contribution is -2.35. The van der Waals surface area contributed by atoms with Gasteiger partial charge in [0.1, 0.15) is 0 Å². The Morgan fingerprint density at radius 1 is 1.35 bits per heavy atom. The van der Waals surface area contributed by atoms with Gasteiger partial charge in [-0.25, -0.2) is 0 Å². The molecule has 0 saturated carbocycles. The lowest BCUT2D eigenvalue weighted by molar-refractivity contribution is -0.126. The van der Waals surface area contributed by atoms with E-state index in [4.69, 9.17) is 22.7 Å². The summed E-state index contributed by atoms with van der Waals surface area (Å²) in [5.74, 6) is -0.0675. The number of rotatable bonds is 8. The minimum atomic E-state index is -0.0675. The maximum Gasteiger partial charge on any atom is 0.246 e. The van der Waals surface area contributed by atoms with Gasteiger partial charge in [-0.05, 0) is 11.6 Å². The predicted octanol–water partition coefficient (Wildman–Crippen LogP) is 1.85. The van der Waals surface area contributed by atoms with Crippen LogP contribution in [0.25, 0.3) is 6.08 Å². The van der Waals surface area contributed by atoms with Gasteiger partial charge >= 0.3 is 0 Å². The topological polar surface area (TPSA) is 55.6 Å². The van der Waals surface area contributed by atoms with Gasteiger partial charge in [-0.2, -0.15) is 0 Å². The lowest BCUT2D eigenvalue weighted by atomic mass is 10.2. The number of thiocarbonyl (C=S) groups is 1. The molecule has 108 valence electrons. The van der Waals surface area contributed by atoms with Crippen LogP contribution in [0.5, 0.6) is 0 Å². The van der Waals surface area contributed by atoms with Crippen molar-refractivity contribution in [1.82, 2.24) is 4.90 Å². The van der Waals surface area contributed by atoms with E-state index in [0.717, 1.165) is 5.56 Å². The molecular formula is C15H20N2O2S. The van der Waals surface area contributed by atoms with E-state index in [1.165, 1.54) is 0 Å². The average Bonchev–Trinajstić information content (AvgIpc) is 2.45. The third-order valence-corrected chi connectivity index (χ3v) is 2.93. The van der Waals surface area contributed by atoms with Crippen LogP contribution in [0.1, 0.15) is 12.0 Å². The summed E-state index contributed by atoms with van der Waals surface area (Å²) in [4.78, 5) is 14.2. The quantitative estimate of drug-likeness (QED) is 0.587. The molecule has 0 atom stereocenters. The monoisotopic (exact) mass is 292 g/mol. The second-order valence-corrected chi connectivity index (χ2v) is 4.80. The molecule has 0 heterocycles. The van der Waals surface area contributed by atoms with Crippen molar-refractivity contribution in [2.24, 2.45) is 5.73 Å². The fourth-order valence-corrected chi connectivity index (χ4v) is 1.71. The van der Waals surface area contributed by atoms with Crippen LogP contribution in [-0.4, -0.2) is 42.6 Å². The Kier molecular flexibility index (Phi) is 7.54. The number of hydrogen-bond donors (Lipinski definition) is 1. The van der Waals surface area contributed by atoms with E-state index in [1.807, 2.05) is 30.3 Å². The SMILES string of the molecule is COCCN(CCC(N)=S)C(=O)/C=C/c1ccccc1. The summed E-state index contributed by atoms with van der Waals surface area (Å²) in [7, 11) is 1.61. The summed E-state index contributed by atoms with van der Waals surface area (Å²) in [5, 5.41) is 0. The first kappa shape index (κ1) is 16.3. The molecule has 1 aromatic carbocycles. The van der Waals surface area contributed by atoms with E-state index < -0.39 is 0 Å². The van der Waals surface area contributed by atoms with Crippen molar-refractivity contribution in [3.8, 4) is 0 Å². The van der Waals surface area contributed by atoms with Crippen molar-refractivity contribution in [1.29, 1.82) is 0 Å². The molecule has 1 aromatic rings. The van der Waals surface area contributed by atoms with Gasteiger partial charge in [-0.1, -0.05) is 42.5 Å². The van der Waals surface area contributed by atoms with Crippen LogP contribution in [0.2, 0.25) is 0 Å². The van der Waals surface area contributed by atoms with E-state index in [1.54, 1.807) is 24.2 Å². The summed E-state index contributed by atoms with van der Waals surface area (Å²) in [6, 6.07) is 9.68. The largest absolute Gasteiger partial charge is 0.393 e. The molecule has 0 bridgehead atoms. The average molecular weight is 292 g/mol. The van der Waals surface area contributed by atoms with Gasteiger partial charge in [0.25, 0.3) is 0 Å². The Morgan fingerprint density at radius 2 is 2.05 bits per heavy atom. The fourth-order valence-electron chi connectivity index (χ4n) is 1.62. The standard InChI is InChI=1S/C15H20N2O2S/c1-19-12-11-17(10-9-14(16)20)15(18)8-7-13-5-3-2-4-6-13/h2-8H,9-12H2,1H3,(H2,16,20)/b8-7+. The lowest BCUT2D eigenvalue weighted by Gasteiger charge is -2.20. The molecule has 20 heavy (non-hydrogen) atoms. The number of ether oxygens (including phenoxy) is 1. The van der Waals surface area contributed by atoms with Crippen LogP contribution < -0.4 is 5.73 Å². The van der Waals surface area contributed by atoms with E-state index in [0.29, 0.717) is 31.1 Å². The maximum absolute atomic E-state index is 12.1. The summed E-state index contributed by atoms with van der Waals surface area (Å²) in [5.41, 5.74) is 6.47. The smallest absolute Gasteiger partial charge is 0.246 e. The first-order valence-electron chi connectivity index (χ1n) is 6.42. The number of amides is 1. The zero-order chi connectivity index (χ0) is 14.8. The Morgan fingerprint density at radius 3 is 2.65 bits per heavy atom. The summed E-state index contributed by atoms with van der Waals surface area (Å²) >= 11 is 4.84. The number of nitrogens with zero attached hydrogens (tertiary/aromatic N) is 1. The van der Waals surface area contributed by atoms with Gasteiger partial charge in [-0.15, -0.1) is 0 Å². The third kappa shape index (κ3) is 6.45. The van der Waals surface area contributed by atoms with Crippen LogP contribution in [0, 0.1) is 0 Å². The molecule has 0 saturated heterocycles. The van der Waals surface area contributed by atoms with Crippen LogP contribution in [-0.2, 0) is 9.53 Å². The zero-order valence-electron chi connectivity index (χ0n) is 11.6. The van der Waals surface area contributed by atoms with Crippen molar-refractivity contribution >= 4 is 29.2 Å². The number of hydrogen-bond acceptors (Lipinski definition) is 3. The van der Waals surface area contributed by atoms with Crippen LogP contribution in [0.4, 0.5) is 0 Å². The molecular weight excluding hydrogens is 272 g/mol. The number of benzene rings is 1. The number of nitrogens with two attached hydrogens (primary N) is 1. The molecule has 1 amide bonds. The van der Waals surface area contributed by atoms with Crippen molar-refractivity contribution in [3.05, 3.63) is 42.0 Å². The van der Waals surface area contributed by atoms with Gasteiger partial charge < -0.3 is 15.4 Å². The highest BCUT2D eigenvalue weighted by molar-refractivity contribution is 7.80. The highest BCUT2D eigenvalue weighted by Gasteiger charge is 2.10. The predicted molar refractivity (Wildman–Crippen MR) is 85.3 cm³/mol. The number of methoxy groups -OCH3 is 1. The molecule has 0 aliphatic heterocycles. The molecule has 4 nitrogen and oxygen atoms in total. The molecule has 0 fully saturated rings. The molecule has 2 N–H and O–H groups in total. The Labute approximate surface area is 125 Å². The van der Waals surface area contributed by atoms with Crippen LogP contribution in [0.15, 0.2) is 36.4 Å². The normalized spacial score (nSPS) is 10.7. The summed E-state index contributed by atoms with van der Waals surface area (Å²) < 4.78 is 5.01. The molecule has 0 aromatic heterocycles. The number of carbonyl (C=O) groups is 1. The van der Waals surface area contributed by atoms with Gasteiger partial charge in [0, 0.05) is 32.7 Å². The highest BCUT2D eigenvalue weighted by Crippen LogP contribution is 2.03. The second kappa shape index (κ2) is 9.23. The van der Waals surface area contributed by atoms with Crippen LogP contribution >= 0.6 is 12.2 Å². The molecule has 0 aliphatic rings. The van der Waals surface area contributed by atoms with Gasteiger partial charge in [0.05, 0.1) is 11.6 Å². The summed E-state index contributed by atoms with van der Waals surface area (Å²) in [6.45, 7) is 1.52. The van der Waals surface area contributed by atoms with E-state index in [2.05, 4.69) is 0 Å². The third-order valence-electron chi connectivity index (χ3n) is 2.72. The molecule has 1 rings (SSSR count). The minimum Gasteiger partial charge on any atom is -0.393 e. The first-order chi connectivity index (χ1) is 9.63. The Hall–Kier alpha value is -1.72. The summed E-state index contributed by atoms with van der Waals surface area (Å²) in [6.07, 6.45) is 3.87. The number of carbonyl (C=O) groups excluding carboxylic acids is 1. The Bertz CT molecular complexity index is 460. The minimum absolute atomic E-state index is 0.0675. The molecule has 0 spiro atoms.